The highest BCUT2D eigenvalue weighted by Crippen LogP contribution is 2.21. The van der Waals surface area contributed by atoms with Crippen molar-refractivity contribution >= 4 is 5.91 Å². The first-order valence-corrected chi connectivity index (χ1v) is 6.17. The van der Waals surface area contributed by atoms with Crippen LogP contribution < -0.4 is 0 Å². The molecule has 1 saturated heterocycles. The Morgan fingerprint density at radius 1 is 1.58 bits per heavy atom. The fraction of sp³-hybridized carbons (Fsp3) is 0.538. The minimum absolute atomic E-state index is 0.207. The molecule has 0 bridgehead atoms. The summed E-state index contributed by atoms with van der Waals surface area (Å²) in [5.74, 6) is -1.02. The lowest BCUT2D eigenvalue weighted by Crippen LogP contribution is -2.47. The van der Waals surface area contributed by atoms with Gasteiger partial charge in [0.2, 0.25) is 5.95 Å². The van der Waals surface area contributed by atoms with Crippen LogP contribution in [0.25, 0.3) is 0 Å². The average Bonchev–Trinajstić information content (AvgIpc) is 2.38. The van der Waals surface area contributed by atoms with E-state index in [9.17, 15) is 14.3 Å². The first kappa shape index (κ1) is 13.9. The summed E-state index contributed by atoms with van der Waals surface area (Å²) in [6, 6.07) is 2.54. The molecule has 2 rings (SSSR count). The summed E-state index contributed by atoms with van der Waals surface area (Å²) in [5, 5.41) is 10.3. The van der Waals surface area contributed by atoms with Crippen molar-refractivity contribution in [3.05, 3.63) is 29.8 Å². The zero-order valence-corrected chi connectivity index (χ0v) is 10.8. The number of carbonyl (C=O) groups is 1. The van der Waals surface area contributed by atoms with Gasteiger partial charge in [-0.2, -0.15) is 4.39 Å². The number of pyridine rings is 1. The molecule has 5 nitrogen and oxygen atoms in total. The number of nitrogens with zero attached hydrogens (tertiary/aromatic N) is 2. The van der Waals surface area contributed by atoms with Crippen LogP contribution in [-0.4, -0.2) is 53.3 Å². The highest BCUT2D eigenvalue weighted by Gasteiger charge is 2.32. The summed E-state index contributed by atoms with van der Waals surface area (Å²) >= 11 is 0. The average molecular weight is 268 g/mol. The van der Waals surface area contributed by atoms with Crippen molar-refractivity contribution in [2.24, 2.45) is 0 Å². The predicted octanol–water partition coefficient (Wildman–Crippen LogP) is 0.834. The number of halogens is 1. The molecule has 0 atom stereocenters. The number of aliphatic hydroxyl groups is 1. The lowest BCUT2D eigenvalue weighted by atomic mass is 9.94. The van der Waals surface area contributed by atoms with Crippen molar-refractivity contribution < 1.29 is 19.0 Å². The van der Waals surface area contributed by atoms with Gasteiger partial charge in [0.1, 0.15) is 0 Å². The molecule has 0 unspecified atom stereocenters. The summed E-state index contributed by atoms with van der Waals surface area (Å²) in [6.45, 7) is 1.18. The number of hydrogen-bond acceptors (Lipinski definition) is 4. The summed E-state index contributed by atoms with van der Waals surface area (Å²) in [6.07, 6.45) is 2.24. The van der Waals surface area contributed by atoms with Crippen LogP contribution in [0.4, 0.5) is 4.39 Å². The van der Waals surface area contributed by atoms with E-state index in [2.05, 4.69) is 4.98 Å². The van der Waals surface area contributed by atoms with Crippen molar-refractivity contribution in [1.82, 2.24) is 9.88 Å². The number of amides is 1. The number of rotatable bonds is 3. The van der Waals surface area contributed by atoms with E-state index in [1.165, 1.54) is 17.2 Å². The van der Waals surface area contributed by atoms with Gasteiger partial charge in [0.15, 0.2) is 0 Å². The number of carbonyl (C=O) groups excluding carboxylic acids is 1. The minimum Gasteiger partial charge on any atom is -0.388 e. The molecular formula is C13H17FN2O3. The Kier molecular flexibility index (Phi) is 4.11. The van der Waals surface area contributed by atoms with E-state index in [1.807, 2.05) is 0 Å². The maximum Gasteiger partial charge on any atom is 0.253 e. The SMILES string of the molecule is CN(CC1(O)CCOCC1)C(=O)c1ccnc(F)c1. The molecule has 104 valence electrons. The highest BCUT2D eigenvalue weighted by molar-refractivity contribution is 5.93. The quantitative estimate of drug-likeness (QED) is 0.825. The van der Waals surface area contributed by atoms with Crippen LogP contribution in [0.15, 0.2) is 18.3 Å². The van der Waals surface area contributed by atoms with Gasteiger partial charge in [-0.15, -0.1) is 0 Å². The molecule has 0 spiro atoms. The van der Waals surface area contributed by atoms with Gasteiger partial charge in [0.25, 0.3) is 5.91 Å². The molecule has 1 amide bonds. The van der Waals surface area contributed by atoms with E-state index >= 15 is 0 Å². The van der Waals surface area contributed by atoms with Crippen LogP contribution in [-0.2, 0) is 4.74 Å². The summed E-state index contributed by atoms with van der Waals surface area (Å²) < 4.78 is 18.2. The van der Waals surface area contributed by atoms with Gasteiger partial charge in [0.05, 0.1) is 5.60 Å². The number of ether oxygens (including phenoxy) is 1. The smallest absolute Gasteiger partial charge is 0.253 e. The highest BCUT2D eigenvalue weighted by atomic mass is 19.1. The molecule has 0 saturated carbocycles. The number of aromatic nitrogens is 1. The molecule has 6 heteroatoms. The molecule has 19 heavy (non-hydrogen) atoms. The van der Waals surface area contributed by atoms with Crippen molar-refractivity contribution in [1.29, 1.82) is 0 Å². The van der Waals surface area contributed by atoms with E-state index in [1.54, 1.807) is 7.05 Å². The van der Waals surface area contributed by atoms with Crippen LogP contribution in [0.2, 0.25) is 0 Å². The van der Waals surface area contributed by atoms with Crippen molar-refractivity contribution in [2.75, 3.05) is 26.8 Å². The zero-order chi connectivity index (χ0) is 13.9. The van der Waals surface area contributed by atoms with Gasteiger partial charge in [-0.1, -0.05) is 0 Å². The molecule has 0 radical (unpaired) electrons. The molecule has 1 N–H and O–H groups in total. The van der Waals surface area contributed by atoms with Crippen molar-refractivity contribution in [2.45, 2.75) is 18.4 Å². The van der Waals surface area contributed by atoms with Gasteiger partial charge in [-0.25, -0.2) is 4.98 Å². The monoisotopic (exact) mass is 268 g/mol. The molecule has 0 aliphatic carbocycles. The molecule has 1 aromatic rings. The van der Waals surface area contributed by atoms with Crippen LogP contribution in [0.3, 0.4) is 0 Å². The minimum atomic E-state index is -0.922. The van der Waals surface area contributed by atoms with Crippen LogP contribution in [0.1, 0.15) is 23.2 Å². The van der Waals surface area contributed by atoms with E-state index in [4.69, 9.17) is 4.74 Å². The third-order valence-electron chi connectivity index (χ3n) is 3.28. The molecule has 0 aromatic carbocycles. The Labute approximate surface area is 111 Å². The Balaban J connectivity index is 2.03. The van der Waals surface area contributed by atoms with E-state index in [0.29, 0.717) is 26.1 Å². The van der Waals surface area contributed by atoms with Crippen LogP contribution in [0.5, 0.6) is 0 Å². The second-order valence-corrected chi connectivity index (χ2v) is 4.87. The predicted molar refractivity (Wildman–Crippen MR) is 66.2 cm³/mol. The van der Waals surface area contributed by atoms with E-state index in [-0.39, 0.29) is 18.0 Å². The van der Waals surface area contributed by atoms with Crippen molar-refractivity contribution in [3.8, 4) is 0 Å². The Hall–Kier alpha value is -1.53. The largest absolute Gasteiger partial charge is 0.388 e. The van der Waals surface area contributed by atoms with Gasteiger partial charge in [0, 0.05) is 57.5 Å². The molecular weight excluding hydrogens is 251 g/mol. The fourth-order valence-corrected chi connectivity index (χ4v) is 2.18. The van der Waals surface area contributed by atoms with Crippen LogP contribution >= 0.6 is 0 Å². The summed E-state index contributed by atoms with van der Waals surface area (Å²) in [5.41, 5.74) is -0.695. The summed E-state index contributed by atoms with van der Waals surface area (Å²) in [7, 11) is 1.59. The third kappa shape index (κ3) is 3.48. The first-order valence-electron chi connectivity index (χ1n) is 6.17. The Morgan fingerprint density at radius 2 is 2.26 bits per heavy atom. The fourth-order valence-electron chi connectivity index (χ4n) is 2.18. The maximum absolute atomic E-state index is 13.0. The number of likely N-dealkylation sites (N-methyl/N-ethyl adjacent to an activating group) is 1. The second kappa shape index (κ2) is 5.63. The van der Waals surface area contributed by atoms with E-state index in [0.717, 1.165) is 6.07 Å². The lowest BCUT2D eigenvalue weighted by molar-refractivity contribution is -0.0734. The van der Waals surface area contributed by atoms with Gasteiger partial charge >= 0.3 is 0 Å². The molecule has 1 fully saturated rings. The standard InChI is InChI=1S/C13H17FN2O3/c1-16(9-13(18)3-6-19-7-4-13)12(17)10-2-5-15-11(14)8-10/h2,5,8,18H,3-4,6-7,9H2,1H3. The van der Waals surface area contributed by atoms with Gasteiger partial charge < -0.3 is 14.7 Å². The van der Waals surface area contributed by atoms with Gasteiger partial charge in [-0.05, 0) is 6.07 Å². The lowest BCUT2D eigenvalue weighted by Gasteiger charge is -2.35. The zero-order valence-electron chi connectivity index (χ0n) is 10.8. The third-order valence-corrected chi connectivity index (χ3v) is 3.28. The Morgan fingerprint density at radius 3 is 2.89 bits per heavy atom. The molecule has 1 aromatic heterocycles. The van der Waals surface area contributed by atoms with Gasteiger partial charge in [-0.3, -0.25) is 4.79 Å². The molecule has 1 aliphatic heterocycles. The van der Waals surface area contributed by atoms with Crippen molar-refractivity contribution in [3.63, 3.8) is 0 Å². The molecule has 2 heterocycles. The maximum atomic E-state index is 13.0. The normalized spacial score (nSPS) is 18.1. The Bertz CT molecular complexity index is 461. The summed E-state index contributed by atoms with van der Waals surface area (Å²) in [4.78, 5) is 16.9. The first-order chi connectivity index (χ1) is 9.00. The molecule has 1 aliphatic rings. The van der Waals surface area contributed by atoms with E-state index < -0.39 is 11.5 Å². The second-order valence-electron chi connectivity index (χ2n) is 4.87. The number of hydrogen-bond donors (Lipinski definition) is 1. The topological polar surface area (TPSA) is 62.7 Å². The van der Waals surface area contributed by atoms with Crippen LogP contribution in [0, 0.1) is 5.95 Å².